The summed E-state index contributed by atoms with van der Waals surface area (Å²) in [5, 5.41) is 10.3. The van der Waals surface area contributed by atoms with Crippen molar-refractivity contribution in [3.8, 4) is 0 Å². The van der Waals surface area contributed by atoms with Gasteiger partial charge in [0.15, 0.2) is 0 Å². The van der Waals surface area contributed by atoms with E-state index >= 15 is 0 Å². The standard InChI is InChI=1S/C22H34O2/c1-13-11-15-12-16(24-4)5-6-17(15)18-9-10-22(3)19(14(2)23)7-8-20(22)21(13)18/h5,13-14,18-21,23H,6-12H2,1-4H3/t13-,14-,18-,19+,20-,21-,22-/m1/s1. The lowest BCUT2D eigenvalue weighted by molar-refractivity contribution is -0.0408. The van der Waals surface area contributed by atoms with E-state index in [-0.39, 0.29) is 6.10 Å². The van der Waals surface area contributed by atoms with E-state index in [0.29, 0.717) is 11.3 Å². The highest BCUT2D eigenvalue weighted by Gasteiger charge is 2.57. The van der Waals surface area contributed by atoms with Gasteiger partial charge in [0.05, 0.1) is 19.0 Å². The molecule has 134 valence electrons. The molecule has 0 radical (unpaired) electrons. The second-order valence-corrected chi connectivity index (χ2v) is 9.32. The largest absolute Gasteiger partial charge is 0.501 e. The Morgan fingerprint density at radius 2 is 2.08 bits per heavy atom. The molecule has 0 heterocycles. The average Bonchev–Trinajstić information content (AvgIpc) is 2.91. The Morgan fingerprint density at radius 1 is 1.29 bits per heavy atom. The molecular formula is C22H34O2. The van der Waals surface area contributed by atoms with E-state index in [1.807, 2.05) is 14.0 Å². The number of ether oxygens (including phenoxy) is 1. The van der Waals surface area contributed by atoms with Crippen LogP contribution in [0, 0.1) is 35.0 Å². The minimum atomic E-state index is -0.146. The molecule has 2 fully saturated rings. The molecule has 24 heavy (non-hydrogen) atoms. The fourth-order valence-electron chi connectivity index (χ4n) is 7.29. The van der Waals surface area contributed by atoms with Crippen molar-refractivity contribution < 1.29 is 9.84 Å². The van der Waals surface area contributed by atoms with E-state index in [0.717, 1.165) is 36.5 Å². The summed E-state index contributed by atoms with van der Waals surface area (Å²) in [4.78, 5) is 0. The van der Waals surface area contributed by atoms with Crippen LogP contribution in [0.25, 0.3) is 0 Å². The highest BCUT2D eigenvalue weighted by Crippen LogP contribution is 2.64. The topological polar surface area (TPSA) is 29.5 Å². The highest BCUT2D eigenvalue weighted by molar-refractivity contribution is 5.33. The first kappa shape index (κ1) is 16.7. The summed E-state index contributed by atoms with van der Waals surface area (Å²) in [6.45, 7) is 7.01. The van der Waals surface area contributed by atoms with E-state index in [1.54, 1.807) is 11.1 Å². The van der Waals surface area contributed by atoms with Crippen LogP contribution < -0.4 is 0 Å². The van der Waals surface area contributed by atoms with E-state index in [2.05, 4.69) is 19.9 Å². The Hall–Kier alpha value is -0.760. The van der Waals surface area contributed by atoms with Gasteiger partial charge in [0.2, 0.25) is 0 Å². The van der Waals surface area contributed by atoms with E-state index in [9.17, 15) is 5.11 Å². The number of fused-ring (bicyclic) bond motifs is 4. The molecule has 0 bridgehead atoms. The molecule has 2 heteroatoms. The van der Waals surface area contributed by atoms with Crippen LogP contribution in [0.5, 0.6) is 0 Å². The average molecular weight is 331 g/mol. The molecule has 2 nitrogen and oxygen atoms in total. The van der Waals surface area contributed by atoms with Crippen molar-refractivity contribution in [3.05, 3.63) is 23.0 Å². The first-order chi connectivity index (χ1) is 11.5. The third kappa shape index (κ3) is 2.32. The zero-order valence-corrected chi connectivity index (χ0v) is 15.8. The normalized spacial score (nSPS) is 45.9. The van der Waals surface area contributed by atoms with Crippen molar-refractivity contribution in [3.63, 3.8) is 0 Å². The maximum Gasteiger partial charge on any atom is 0.0959 e. The fraction of sp³-hybridized carbons (Fsp3) is 0.818. The molecule has 0 amide bonds. The number of aliphatic hydroxyl groups excluding tert-OH is 1. The van der Waals surface area contributed by atoms with E-state index in [4.69, 9.17) is 4.74 Å². The maximum atomic E-state index is 10.3. The molecule has 0 saturated heterocycles. The fourth-order valence-corrected chi connectivity index (χ4v) is 7.29. The molecule has 7 atom stereocenters. The van der Waals surface area contributed by atoms with Crippen LogP contribution in [0.2, 0.25) is 0 Å². The first-order valence-corrected chi connectivity index (χ1v) is 10.1. The van der Waals surface area contributed by atoms with Gasteiger partial charge < -0.3 is 9.84 Å². The molecule has 0 unspecified atom stereocenters. The molecule has 4 aliphatic rings. The molecule has 0 aromatic rings. The van der Waals surface area contributed by atoms with Gasteiger partial charge in [-0.1, -0.05) is 25.0 Å². The van der Waals surface area contributed by atoms with Crippen LogP contribution in [-0.4, -0.2) is 18.3 Å². The third-order valence-electron chi connectivity index (χ3n) is 8.31. The Bertz CT molecular complexity index is 573. The van der Waals surface area contributed by atoms with Crippen LogP contribution in [-0.2, 0) is 4.74 Å². The molecular weight excluding hydrogens is 296 g/mol. The predicted octanol–water partition coefficient (Wildman–Crippen LogP) is 5.09. The molecule has 0 spiro atoms. The quantitative estimate of drug-likeness (QED) is 0.715. The molecule has 1 N–H and O–H groups in total. The SMILES string of the molecule is COC1=CCC2=C(C1)C[C@@H](C)[C@@H]1[C@@H]2CC[C@@]2(C)[C@@H]1CC[C@H]2[C@@H](C)O. The first-order valence-electron chi connectivity index (χ1n) is 10.1. The predicted molar refractivity (Wildman–Crippen MR) is 97.3 cm³/mol. The van der Waals surface area contributed by atoms with E-state index < -0.39 is 0 Å². The number of methoxy groups -OCH3 is 1. The van der Waals surface area contributed by atoms with Crippen molar-refractivity contribution in [2.24, 2.45) is 35.0 Å². The summed E-state index contributed by atoms with van der Waals surface area (Å²) in [5.41, 5.74) is 3.82. The molecule has 4 rings (SSSR count). The third-order valence-corrected chi connectivity index (χ3v) is 8.31. The van der Waals surface area contributed by atoms with Crippen molar-refractivity contribution in [1.29, 1.82) is 0 Å². The summed E-state index contributed by atoms with van der Waals surface area (Å²) in [6, 6.07) is 0. The van der Waals surface area contributed by atoms with Gasteiger partial charge >= 0.3 is 0 Å². The Kier molecular flexibility index (Phi) is 4.10. The summed E-state index contributed by atoms with van der Waals surface area (Å²) < 4.78 is 5.54. The molecule has 4 aliphatic carbocycles. The lowest BCUT2D eigenvalue weighted by Crippen LogP contribution is -2.47. The zero-order chi connectivity index (χ0) is 17.1. The Labute approximate surface area is 147 Å². The lowest BCUT2D eigenvalue weighted by Gasteiger charge is -2.54. The van der Waals surface area contributed by atoms with E-state index in [1.165, 1.54) is 37.9 Å². The number of allylic oxidation sites excluding steroid dienone is 3. The molecule has 2 saturated carbocycles. The van der Waals surface area contributed by atoms with Gasteiger partial charge in [0.25, 0.3) is 0 Å². The number of hydrogen-bond acceptors (Lipinski definition) is 2. The van der Waals surface area contributed by atoms with Crippen LogP contribution >= 0.6 is 0 Å². The van der Waals surface area contributed by atoms with Crippen LogP contribution in [0.1, 0.15) is 65.7 Å². The van der Waals surface area contributed by atoms with Gasteiger partial charge in [0.1, 0.15) is 0 Å². The summed E-state index contributed by atoms with van der Waals surface area (Å²) in [7, 11) is 1.81. The van der Waals surface area contributed by atoms with Gasteiger partial charge in [-0.05, 0) is 86.5 Å². The van der Waals surface area contributed by atoms with Gasteiger partial charge in [-0.2, -0.15) is 0 Å². The van der Waals surface area contributed by atoms with Crippen molar-refractivity contribution in [2.45, 2.75) is 71.8 Å². The summed E-state index contributed by atoms with van der Waals surface area (Å²) in [5.74, 6) is 4.91. The van der Waals surface area contributed by atoms with Crippen LogP contribution in [0.3, 0.4) is 0 Å². The van der Waals surface area contributed by atoms with Crippen LogP contribution in [0.4, 0.5) is 0 Å². The number of hydrogen-bond donors (Lipinski definition) is 1. The zero-order valence-electron chi connectivity index (χ0n) is 15.8. The van der Waals surface area contributed by atoms with Crippen LogP contribution in [0.15, 0.2) is 23.0 Å². The van der Waals surface area contributed by atoms with Gasteiger partial charge in [-0.25, -0.2) is 0 Å². The summed E-state index contributed by atoms with van der Waals surface area (Å²) in [6.07, 6.45) is 10.8. The second kappa shape index (κ2) is 5.90. The summed E-state index contributed by atoms with van der Waals surface area (Å²) >= 11 is 0. The molecule has 0 aromatic heterocycles. The molecule has 0 aliphatic heterocycles. The Balaban J connectivity index is 1.64. The smallest absolute Gasteiger partial charge is 0.0959 e. The lowest BCUT2D eigenvalue weighted by atomic mass is 9.51. The van der Waals surface area contributed by atoms with Gasteiger partial charge in [-0.3, -0.25) is 0 Å². The number of rotatable bonds is 2. The maximum absolute atomic E-state index is 10.3. The molecule has 0 aromatic carbocycles. The monoisotopic (exact) mass is 330 g/mol. The minimum absolute atomic E-state index is 0.146. The van der Waals surface area contributed by atoms with Crippen molar-refractivity contribution in [1.82, 2.24) is 0 Å². The minimum Gasteiger partial charge on any atom is -0.501 e. The number of aliphatic hydroxyl groups is 1. The highest BCUT2D eigenvalue weighted by atomic mass is 16.5. The van der Waals surface area contributed by atoms with Crippen molar-refractivity contribution >= 4 is 0 Å². The van der Waals surface area contributed by atoms with Gasteiger partial charge in [0, 0.05) is 6.42 Å². The second-order valence-electron chi connectivity index (χ2n) is 9.32. The Morgan fingerprint density at radius 3 is 2.79 bits per heavy atom. The van der Waals surface area contributed by atoms with Gasteiger partial charge in [-0.15, -0.1) is 0 Å². The van der Waals surface area contributed by atoms with Crippen molar-refractivity contribution in [2.75, 3.05) is 7.11 Å².